The molecular formula is C13H17BrFNO. The van der Waals surface area contributed by atoms with Crippen LogP contribution in [0.5, 0.6) is 0 Å². The molecule has 1 N–H and O–H groups in total. The highest BCUT2D eigenvalue weighted by Gasteiger charge is 2.26. The fourth-order valence-electron chi connectivity index (χ4n) is 2.31. The van der Waals surface area contributed by atoms with Gasteiger partial charge in [-0.25, -0.2) is 4.39 Å². The van der Waals surface area contributed by atoms with E-state index < -0.39 is 0 Å². The van der Waals surface area contributed by atoms with Crippen LogP contribution in [-0.2, 0) is 6.54 Å². The highest BCUT2D eigenvalue weighted by molar-refractivity contribution is 9.10. The van der Waals surface area contributed by atoms with Crippen molar-refractivity contribution >= 4 is 15.9 Å². The predicted molar refractivity (Wildman–Crippen MR) is 69.2 cm³/mol. The molecule has 0 aromatic heterocycles. The number of hydrogen-bond acceptors (Lipinski definition) is 2. The van der Waals surface area contributed by atoms with E-state index in [0.717, 1.165) is 24.0 Å². The molecule has 4 heteroatoms. The molecule has 1 saturated heterocycles. The quantitative estimate of drug-likeness (QED) is 0.928. The van der Waals surface area contributed by atoms with Crippen molar-refractivity contribution in [1.29, 1.82) is 0 Å². The summed E-state index contributed by atoms with van der Waals surface area (Å²) in [4.78, 5) is 2.19. The van der Waals surface area contributed by atoms with Gasteiger partial charge in [-0.1, -0.05) is 22.0 Å². The molecule has 0 radical (unpaired) electrons. The van der Waals surface area contributed by atoms with E-state index in [1.165, 1.54) is 6.07 Å². The molecule has 1 aromatic carbocycles. The van der Waals surface area contributed by atoms with E-state index in [2.05, 4.69) is 20.8 Å². The zero-order chi connectivity index (χ0) is 12.4. The number of aliphatic hydroxyl groups excluding tert-OH is 1. The number of halogens is 2. The van der Waals surface area contributed by atoms with Crippen LogP contribution in [0, 0.1) is 11.7 Å². The molecule has 0 amide bonds. The van der Waals surface area contributed by atoms with Crippen molar-refractivity contribution in [2.75, 3.05) is 13.1 Å². The molecule has 2 unspecified atom stereocenters. The van der Waals surface area contributed by atoms with Gasteiger partial charge in [0.2, 0.25) is 0 Å². The molecule has 1 fully saturated rings. The molecule has 1 aliphatic heterocycles. The van der Waals surface area contributed by atoms with Crippen molar-refractivity contribution in [2.24, 2.45) is 5.92 Å². The predicted octanol–water partition coefficient (Wildman–Crippen LogP) is 2.79. The maximum absolute atomic E-state index is 13.7. The number of benzene rings is 1. The van der Waals surface area contributed by atoms with Gasteiger partial charge in [0.15, 0.2) is 0 Å². The molecule has 0 saturated carbocycles. The van der Waals surface area contributed by atoms with Gasteiger partial charge in [0, 0.05) is 23.1 Å². The fraction of sp³-hybridized carbons (Fsp3) is 0.538. The lowest BCUT2D eigenvalue weighted by Crippen LogP contribution is -2.24. The second kappa shape index (κ2) is 5.46. The highest BCUT2D eigenvalue weighted by atomic mass is 79.9. The Labute approximate surface area is 110 Å². The lowest BCUT2D eigenvalue weighted by atomic mass is 10.0. The molecule has 17 heavy (non-hydrogen) atoms. The summed E-state index contributed by atoms with van der Waals surface area (Å²) in [5, 5.41) is 9.54. The summed E-state index contributed by atoms with van der Waals surface area (Å²) in [7, 11) is 0. The van der Waals surface area contributed by atoms with Gasteiger partial charge in [-0.05, 0) is 37.9 Å². The van der Waals surface area contributed by atoms with Crippen LogP contribution in [0.3, 0.4) is 0 Å². The molecule has 2 nitrogen and oxygen atoms in total. The summed E-state index contributed by atoms with van der Waals surface area (Å²) >= 11 is 3.38. The first-order valence-electron chi connectivity index (χ1n) is 5.91. The van der Waals surface area contributed by atoms with Gasteiger partial charge < -0.3 is 5.11 Å². The van der Waals surface area contributed by atoms with Crippen molar-refractivity contribution in [1.82, 2.24) is 4.90 Å². The largest absolute Gasteiger partial charge is 0.393 e. The lowest BCUT2D eigenvalue weighted by Gasteiger charge is -2.18. The van der Waals surface area contributed by atoms with Crippen molar-refractivity contribution in [3.8, 4) is 0 Å². The van der Waals surface area contributed by atoms with Gasteiger partial charge in [-0.2, -0.15) is 0 Å². The summed E-state index contributed by atoms with van der Waals surface area (Å²) in [6.45, 7) is 4.21. The van der Waals surface area contributed by atoms with E-state index in [1.54, 1.807) is 6.07 Å². The third-order valence-corrected chi connectivity index (χ3v) is 4.18. The number of aliphatic hydroxyl groups is 1. The van der Waals surface area contributed by atoms with Gasteiger partial charge in [-0.3, -0.25) is 4.90 Å². The number of hydrogen-bond donors (Lipinski definition) is 1. The molecule has 1 aromatic rings. The molecule has 2 rings (SSSR count). The van der Waals surface area contributed by atoms with E-state index in [-0.39, 0.29) is 11.9 Å². The Balaban J connectivity index is 2.03. The van der Waals surface area contributed by atoms with E-state index in [4.69, 9.17) is 0 Å². The van der Waals surface area contributed by atoms with Crippen LogP contribution in [0.1, 0.15) is 18.9 Å². The monoisotopic (exact) mass is 301 g/mol. The van der Waals surface area contributed by atoms with E-state index >= 15 is 0 Å². The van der Waals surface area contributed by atoms with E-state index in [0.29, 0.717) is 18.0 Å². The third-order valence-electron chi connectivity index (χ3n) is 3.43. The Bertz CT molecular complexity index is 377. The molecule has 0 bridgehead atoms. The number of rotatable bonds is 3. The molecule has 1 heterocycles. The van der Waals surface area contributed by atoms with Crippen LogP contribution in [0.25, 0.3) is 0 Å². The summed E-state index contributed by atoms with van der Waals surface area (Å²) in [5.41, 5.74) is 0.707. The van der Waals surface area contributed by atoms with E-state index in [1.807, 2.05) is 13.0 Å². The van der Waals surface area contributed by atoms with Crippen molar-refractivity contribution in [3.63, 3.8) is 0 Å². The first-order chi connectivity index (χ1) is 8.08. The summed E-state index contributed by atoms with van der Waals surface area (Å²) in [6.07, 6.45) is 0.716. The Morgan fingerprint density at radius 2 is 2.35 bits per heavy atom. The Hall–Kier alpha value is -0.450. The molecule has 2 atom stereocenters. The zero-order valence-corrected chi connectivity index (χ0v) is 11.5. The first kappa shape index (κ1) is 13.0. The number of likely N-dealkylation sites (tertiary alicyclic amines) is 1. The van der Waals surface area contributed by atoms with Crippen molar-refractivity contribution < 1.29 is 9.50 Å². The van der Waals surface area contributed by atoms with Crippen LogP contribution >= 0.6 is 15.9 Å². The minimum atomic E-state index is -0.274. The van der Waals surface area contributed by atoms with Gasteiger partial charge >= 0.3 is 0 Å². The maximum atomic E-state index is 13.7. The Kier molecular flexibility index (Phi) is 4.17. The lowest BCUT2D eigenvalue weighted by molar-refractivity contribution is 0.127. The normalized spacial score (nSPS) is 22.9. The van der Waals surface area contributed by atoms with Gasteiger partial charge in [0.25, 0.3) is 0 Å². The summed E-state index contributed by atoms with van der Waals surface area (Å²) < 4.78 is 14.5. The molecule has 0 aliphatic carbocycles. The summed E-state index contributed by atoms with van der Waals surface area (Å²) in [5.74, 6) is 0.153. The average molecular weight is 302 g/mol. The molecular weight excluding hydrogens is 285 g/mol. The third kappa shape index (κ3) is 3.06. The fourth-order valence-corrected chi connectivity index (χ4v) is 2.77. The molecule has 1 aliphatic rings. The zero-order valence-electron chi connectivity index (χ0n) is 9.87. The van der Waals surface area contributed by atoms with Crippen LogP contribution < -0.4 is 0 Å². The highest BCUT2D eigenvalue weighted by Crippen LogP contribution is 2.25. The van der Waals surface area contributed by atoms with Crippen LogP contribution in [0.15, 0.2) is 22.7 Å². The Morgan fingerprint density at radius 3 is 2.94 bits per heavy atom. The van der Waals surface area contributed by atoms with Crippen LogP contribution in [-0.4, -0.2) is 29.2 Å². The minimum absolute atomic E-state index is 0.167. The minimum Gasteiger partial charge on any atom is -0.393 e. The summed E-state index contributed by atoms with van der Waals surface area (Å²) in [6, 6.07) is 5.05. The smallest absolute Gasteiger partial charge is 0.128 e. The molecule has 0 spiro atoms. The first-order valence-corrected chi connectivity index (χ1v) is 6.70. The SMILES string of the molecule is CC(O)C1CCN(Cc2c(F)cccc2Br)C1. The van der Waals surface area contributed by atoms with Crippen LogP contribution in [0.2, 0.25) is 0 Å². The number of nitrogens with zero attached hydrogens (tertiary/aromatic N) is 1. The second-order valence-electron chi connectivity index (χ2n) is 4.72. The van der Waals surface area contributed by atoms with Gasteiger partial charge in [0.1, 0.15) is 5.82 Å². The van der Waals surface area contributed by atoms with E-state index in [9.17, 15) is 9.50 Å². The van der Waals surface area contributed by atoms with Gasteiger partial charge in [-0.15, -0.1) is 0 Å². The van der Waals surface area contributed by atoms with Crippen molar-refractivity contribution in [2.45, 2.75) is 26.0 Å². The maximum Gasteiger partial charge on any atom is 0.128 e. The Morgan fingerprint density at radius 1 is 1.59 bits per heavy atom. The standard InChI is InChI=1S/C13H17BrFNO/c1-9(17)10-5-6-16(7-10)8-11-12(14)3-2-4-13(11)15/h2-4,9-10,17H,5-8H2,1H3. The topological polar surface area (TPSA) is 23.5 Å². The average Bonchev–Trinajstić information content (AvgIpc) is 2.72. The van der Waals surface area contributed by atoms with Gasteiger partial charge in [0.05, 0.1) is 6.10 Å². The molecule has 94 valence electrons. The van der Waals surface area contributed by atoms with Crippen molar-refractivity contribution in [3.05, 3.63) is 34.1 Å². The second-order valence-corrected chi connectivity index (χ2v) is 5.58. The van der Waals surface area contributed by atoms with Crippen LogP contribution in [0.4, 0.5) is 4.39 Å².